The number of nitro benzene ring substituents is 1. The smallest absolute Gasteiger partial charge is 0.292 e. The number of carbonyl (C=O) groups excluding carboxylic acids is 1. The number of primary amides is 1. The number of hydrogen-bond donors (Lipinski definition) is 1. The molecule has 1 unspecified atom stereocenters. The summed E-state index contributed by atoms with van der Waals surface area (Å²) < 4.78 is 16.3. The normalized spacial score (nSPS) is 17.7. The molecule has 1 atom stereocenters. The number of rotatable bonds is 7. The molecule has 1 aliphatic heterocycles. The number of nitrogens with zero attached hydrogens (tertiary/aromatic N) is 1. The minimum Gasteiger partial charge on any atom is -0.489 e. The third kappa shape index (κ3) is 4.78. The molecule has 2 rings (SSSR count). The van der Waals surface area contributed by atoms with Gasteiger partial charge in [-0.25, -0.2) is 0 Å². The fraction of sp³-hybridized carbons (Fsp3) is 0.500. The predicted octanol–water partition coefficient (Wildman–Crippen LogP) is 2.27. The maximum atomic E-state index is 11.2. The van der Waals surface area contributed by atoms with Gasteiger partial charge in [-0.1, -0.05) is 11.6 Å². The predicted molar refractivity (Wildman–Crippen MR) is 81.7 cm³/mol. The van der Waals surface area contributed by atoms with E-state index >= 15 is 0 Å². The highest BCUT2D eigenvalue weighted by Crippen LogP contribution is 2.35. The molecule has 0 spiro atoms. The van der Waals surface area contributed by atoms with Gasteiger partial charge in [-0.15, -0.1) is 0 Å². The highest BCUT2D eigenvalue weighted by molar-refractivity contribution is 6.34. The fourth-order valence-electron chi connectivity index (χ4n) is 2.14. The first-order valence-electron chi connectivity index (χ1n) is 7.13. The van der Waals surface area contributed by atoms with Gasteiger partial charge in [0.15, 0.2) is 11.3 Å². The second-order valence-electron chi connectivity index (χ2n) is 4.94. The number of hydrogen-bond acceptors (Lipinski definition) is 6. The summed E-state index contributed by atoms with van der Waals surface area (Å²) in [6.07, 6.45) is 2.64. The van der Waals surface area contributed by atoms with E-state index in [2.05, 4.69) is 0 Å². The molecule has 8 nitrogen and oxygen atoms in total. The number of amides is 1. The van der Waals surface area contributed by atoms with Crippen molar-refractivity contribution in [2.75, 3.05) is 19.8 Å². The lowest BCUT2D eigenvalue weighted by Gasteiger charge is -2.22. The molecule has 23 heavy (non-hydrogen) atoms. The van der Waals surface area contributed by atoms with Crippen LogP contribution in [0.5, 0.6) is 5.75 Å². The first-order valence-corrected chi connectivity index (χ1v) is 7.50. The Morgan fingerprint density at radius 1 is 1.43 bits per heavy atom. The van der Waals surface area contributed by atoms with Crippen LogP contribution < -0.4 is 10.5 Å². The van der Waals surface area contributed by atoms with Crippen molar-refractivity contribution in [2.24, 2.45) is 5.73 Å². The average molecular weight is 345 g/mol. The van der Waals surface area contributed by atoms with Gasteiger partial charge in [0, 0.05) is 18.2 Å². The van der Waals surface area contributed by atoms with Crippen molar-refractivity contribution in [1.29, 1.82) is 0 Å². The van der Waals surface area contributed by atoms with Crippen LogP contribution in [0.4, 0.5) is 5.69 Å². The Bertz CT molecular complexity index is 589. The fourth-order valence-corrected chi connectivity index (χ4v) is 2.37. The Morgan fingerprint density at radius 2 is 2.22 bits per heavy atom. The molecule has 0 aromatic heterocycles. The van der Waals surface area contributed by atoms with E-state index in [-0.39, 0.29) is 35.8 Å². The molecule has 0 bridgehead atoms. The van der Waals surface area contributed by atoms with E-state index < -0.39 is 16.5 Å². The summed E-state index contributed by atoms with van der Waals surface area (Å²) in [5.74, 6) is -0.788. The van der Waals surface area contributed by atoms with Gasteiger partial charge in [0.25, 0.3) is 5.69 Å². The topological polar surface area (TPSA) is 114 Å². The van der Waals surface area contributed by atoms with Crippen molar-refractivity contribution in [2.45, 2.75) is 25.6 Å². The van der Waals surface area contributed by atoms with Gasteiger partial charge in [-0.3, -0.25) is 14.9 Å². The lowest BCUT2D eigenvalue weighted by atomic mass is 10.2. The van der Waals surface area contributed by atoms with E-state index in [0.29, 0.717) is 6.61 Å². The molecule has 9 heteroatoms. The summed E-state index contributed by atoms with van der Waals surface area (Å²) in [6, 6.07) is 2.29. The molecule has 2 N–H and O–H groups in total. The van der Waals surface area contributed by atoms with E-state index in [0.717, 1.165) is 25.3 Å². The van der Waals surface area contributed by atoms with Crippen molar-refractivity contribution in [3.63, 3.8) is 0 Å². The van der Waals surface area contributed by atoms with Crippen molar-refractivity contribution in [1.82, 2.24) is 0 Å². The Balaban J connectivity index is 1.97. The molecular formula is C14H17ClN2O6. The van der Waals surface area contributed by atoms with Crippen LogP contribution >= 0.6 is 11.6 Å². The zero-order valence-corrected chi connectivity index (χ0v) is 13.1. The molecule has 1 aromatic carbocycles. The Kier molecular flexibility index (Phi) is 6.14. The maximum absolute atomic E-state index is 11.2. The molecule has 1 heterocycles. The summed E-state index contributed by atoms with van der Waals surface area (Å²) in [4.78, 5) is 21.5. The number of nitro groups is 1. The van der Waals surface area contributed by atoms with Gasteiger partial charge in [-0.05, 0) is 25.3 Å². The third-order valence-corrected chi connectivity index (χ3v) is 3.66. The van der Waals surface area contributed by atoms with E-state index in [1.54, 1.807) is 0 Å². The SMILES string of the molecule is NC(=O)c1cc(OCCOC2CCCCO2)c(Cl)c([N+](=O)[O-])c1. The van der Waals surface area contributed by atoms with Crippen molar-refractivity contribution in [3.05, 3.63) is 32.8 Å². The van der Waals surface area contributed by atoms with Crippen LogP contribution in [0.1, 0.15) is 29.6 Å². The van der Waals surface area contributed by atoms with Gasteiger partial charge < -0.3 is 19.9 Å². The van der Waals surface area contributed by atoms with Crippen LogP contribution in [0.2, 0.25) is 5.02 Å². The third-order valence-electron chi connectivity index (χ3n) is 3.28. The molecule has 1 aromatic rings. The van der Waals surface area contributed by atoms with Crippen LogP contribution in [0.15, 0.2) is 12.1 Å². The lowest BCUT2D eigenvalue weighted by Crippen LogP contribution is -2.24. The Labute approximate surface area is 137 Å². The minimum absolute atomic E-state index is 0.0165. The first-order chi connectivity index (χ1) is 11.0. The quantitative estimate of drug-likeness (QED) is 0.461. The monoisotopic (exact) mass is 344 g/mol. The van der Waals surface area contributed by atoms with E-state index in [9.17, 15) is 14.9 Å². The van der Waals surface area contributed by atoms with Crippen LogP contribution in [0, 0.1) is 10.1 Å². The number of ether oxygens (including phenoxy) is 3. The standard InChI is InChI=1S/C14H17ClN2O6/c15-13-10(17(19)20)7-9(14(16)18)8-11(13)21-5-6-23-12-3-1-2-4-22-12/h7-8,12H,1-6H2,(H2,16,18). The maximum Gasteiger partial charge on any atom is 0.292 e. The zero-order chi connectivity index (χ0) is 16.8. The van der Waals surface area contributed by atoms with Crippen molar-refractivity contribution < 1.29 is 23.9 Å². The number of benzene rings is 1. The minimum atomic E-state index is -0.804. The summed E-state index contributed by atoms with van der Waals surface area (Å²) in [5, 5.41) is 10.8. The van der Waals surface area contributed by atoms with Crippen LogP contribution in [0.3, 0.4) is 0 Å². The number of nitrogens with two attached hydrogens (primary N) is 1. The molecule has 1 aliphatic rings. The van der Waals surface area contributed by atoms with Gasteiger partial charge in [0.1, 0.15) is 12.4 Å². The summed E-state index contributed by atoms with van der Waals surface area (Å²) in [7, 11) is 0. The van der Waals surface area contributed by atoms with Crippen molar-refractivity contribution >= 4 is 23.2 Å². The molecule has 126 valence electrons. The molecule has 0 aliphatic carbocycles. The molecule has 1 saturated heterocycles. The van der Waals surface area contributed by atoms with E-state index in [1.165, 1.54) is 6.07 Å². The van der Waals surface area contributed by atoms with Crippen LogP contribution in [-0.4, -0.2) is 36.9 Å². The first kappa shape index (κ1) is 17.5. The molecule has 0 radical (unpaired) electrons. The van der Waals surface area contributed by atoms with Crippen LogP contribution in [0.25, 0.3) is 0 Å². The van der Waals surface area contributed by atoms with Gasteiger partial charge in [0.05, 0.1) is 11.5 Å². The molecular weight excluding hydrogens is 328 g/mol. The van der Waals surface area contributed by atoms with Gasteiger partial charge in [0.2, 0.25) is 5.91 Å². The highest BCUT2D eigenvalue weighted by atomic mass is 35.5. The summed E-state index contributed by atoms with van der Waals surface area (Å²) in [5.41, 5.74) is 4.67. The van der Waals surface area contributed by atoms with Gasteiger partial charge >= 0.3 is 0 Å². The highest BCUT2D eigenvalue weighted by Gasteiger charge is 2.21. The van der Waals surface area contributed by atoms with Crippen molar-refractivity contribution in [3.8, 4) is 5.75 Å². The molecule has 1 fully saturated rings. The molecule has 1 amide bonds. The average Bonchev–Trinajstić information content (AvgIpc) is 2.53. The second kappa shape index (κ2) is 8.09. The lowest BCUT2D eigenvalue weighted by molar-refractivity contribution is -0.384. The largest absolute Gasteiger partial charge is 0.489 e. The summed E-state index contributed by atoms with van der Waals surface area (Å²) in [6.45, 7) is 1.01. The summed E-state index contributed by atoms with van der Waals surface area (Å²) >= 11 is 5.92. The number of halogens is 1. The van der Waals surface area contributed by atoms with E-state index in [1.807, 2.05) is 0 Å². The van der Waals surface area contributed by atoms with Crippen LogP contribution in [-0.2, 0) is 9.47 Å². The Hall–Kier alpha value is -1.90. The molecule has 0 saturated carbocycles. The zero-order valence-electron chi connectivity index (χ0n) is 12.3. The number of carbonyl (C=O) groups is 1. The van der Waals surface area contributed by atoms with E-state index in [4.69, 9.17) is 31.5 Å². The second-order valence-corrected chi connectivity index (χ2v) is 5.32. The van der Waals surface area contributed by atoms with Gasteiger partial charge in [-0.2, -0.15) is 0 Å². The Morgan fingerprint density at radius 3 is 2.83 bits per heavy atom.